The van der Waals surface area contributed by atoms with Crippen LogP contribution in [0.5, 0.6) is 6.01 Å². The molecule has 0 saturated heterocycles. The second-order valence-corrected chi connectivity index (χ2v) is 7.17. The van der Waals surface area contributed by atoms with Gasteiger partial charge in [-0.15, -0.1) is 0 Å². The molecule has 0 radical (unpaired) electrons. The first-order valence-corrected chi connectivity index (χ1v) is 9.46. The van der Waals surface area contributed by atoms with E-state index in [1.165, 1.54) is 0 Å². The van der Waals surface area contributed by atoms with Crippen LogP contribution in [0, 0.1) is 6.92 Å². The molecule has 0 bridgehead atoms. The minimum absolute atomic E-state index is 0.00333. The average molecular weight is 360 g/mol. The molecule has 0 saturated carbocycles. The molecule has 0 aliphatic carbocycles. The number of rotatable bonds is 7. The maximum atomic E-state index is 12.3. The minimum atomic E-state index is -3.78. The van der Waals surface area contributed by atoms with E-state index in [4.69, 9.17) is 8.92 Å². The van der Waals surface area contributed by atoms with Crippen molar-refractivity contribution in [2.24, 2.45) is 0 Å². The monoisotopic (exact) mass is 360 g/mol. The molecule has 6 nitrogen and oxygen atoms in total. The lowest BCUT2D eigenvalue weighted by Gasteiger charge is -2.10. The number of ether oxygens (including phenoxy) is 1. The molecule has 0 amide bonds. The molecule has 0 unspecified atom stereocenters. The number of imidazole rings is 1. The summed E-state index contributed by atoms with van der Waals surface area (Å²) in [6, 6.07) is 14.6. The van der Waals surface area contributed by atoms with Gasteiger partial charge >= 0.3 is 0 Å². The first-order chi connectivity index (χ1) is 12.0. The molecule has 1 heterocycles. The van der Waals surface area contributed by atoms with Crippen molar-refractivity contribution in [1.82, 2.24) is 9.55 Å². The Kier molecular flexibility index (Phi) is 5.06. The summed E-state index contributed by atoms with van der Waals surface area (Å²) in [5.41, 5.74) is 2.67. The quantitative estimate of drug-likeness (QED) is 0.605. The van der Waals surface area contributed by atoms with Gasteiger partial charge in [-0.25, -0.2) is 0 Å². The highest BCUT2D eigenvalue weighted by atomic mass is 32.2. The van der Waals surface area contributed by atoms with E-state index in [9.17, 15) is 8.42 Å². The number of fused-ring (bicyclic) bond motifs is 1. The van der Waals surface area contributed by atoms with Crippen LogP contribution in [0.2, 0.25) is 0 Å². The smallest absolute Gasteiger partial charge is 0.297 e. The Balaban J connectivity index is 1.76. The Bertz CT molecular complexity index is 962. The standard InChI is InChI=1S/C18H20N2O4S/c1-3-23-18-19-16-6-4-5-7-17(16)20(18)12-13-24-25(21,22)15-10-8-14(2)9-11-15/h4-11H,3,12-13H2,1-2H3. The average Bonchev–Trinajstić information content (AvgIpc) is 2.93. The van der Waals surface area contributed by atoms with Crippen molar-refractivity contribution >= 4 is 21.2 Å². The maximum absolute atomic E-state index is 12.3. The Morgan fingerprint density at radius 2 is 1.80 bits per heavy atom. The highest BCUT2D eigenvalue weighted by Crippen LogP contribution is 2.21. The van der Waals surface area contributed by atoms with Gasteiger partial charge in [-0.1, -0.05) is 29.8 Å². The normalized spacial score (nSPS) is 11.8. The molecule has 0 fully saturated rings. The summed E-state index contributed by atoms with van der Waals surface area (Å²) >= 11 is 0. The van der Waals surface area contributed by atoms with E-state index >= 15 is 0 Å². The Hall–Kier alpha value is -2.38. The molecular formula is C18H20N2O4S. The first kappa shape index (κ1) is 17.4. The molecule has 3 rings (SSSR count). The fourth-order valence-corrected chi connectivity index (χ4v) is 3.42. The zero-order valence-electron chi connectivity index (χ0n) is 14.2. The summed E-state index contributed by atoms with van der Waals surface area (Å²) in [4.78, 5) is 4.57. The van der Waals surface area contributed by atoms with Crippen molar-refractivity contribution < 1.29 is 17.3 Å². The SMILES string of the molecule is CCOc1nc2ccccc2n1CCOS(=O)(=O)c1ccc(C)cc1. The van der Waals surface area contributed by atoms with Gasteiger partial charge in [0.1, 0.15) is 0 Å². The van der Waals surface area contributed by atoms with Gasteiger partial charge in [0.25, 0.3) is 16.1 Å². The molecule has 2 aromatic carbocycles. The Morgan fingerprint density at radius 3 is 2.52 bits per heavy atom. The van der Waals surface area contributed by atoms with Gasteiger partial charge in [-0.05, 0) is 38.1 Å². The lowest BCUT2D eigenvalue weighted by atomic mass is 10.2. The van der Waals surface area contributed by atoms with Crippen molar-refractivity contribution in [2.45, 2.75) is 25.3 Å². The predicted molar refractivity (Wildman–Crippen MR) is 95.2 cm³/mol. The number of aromatic nitrogens is 2. The number of para-hydroxylation sites is 2. The Morgan fingerprint density at radius 1 is 1.08 bits per heavy atom. The molecule has 0 N–H and O–H groups in total. The number of hydrogen-bond acceptors (Lipinski definition) is 5. The van der Waals surface area contributed by atoms with E-state index in [0.717, 1.165) is 16.6 Å². The van der Waals surface area contributed by atoms with E-state index in [0.29, 0.717) is 19.2 Å². The molecule has 7 heteroatoms. The highest BCUT2D eigenvalue weighted by molar-refractivity contribution is 7.86. The summed E-state index contributed by atoms with van der Waals surface area (Å²) < 4.78 is 37.1. The van der Waals surface area contributed by atoms with Crippen LogP contribution in [0.4, 0.5) is 0 Å². The molecular weight excluding hydrogens is 340 g/mol. The largest absolute Gasteiger partial charge is 0.465 e. The second kappa shape index (κ2) is 7.25. The van der Waals surface area contributed by atoms with Crippen molar-refractivity contribution in [3.05, 3.63) is 54.1 Å². The van der Waals surface area contributed by atoms with Gasteiger partial charge in [-0.2, -0.15) is 13.4 Å². The van der Waals surface area contributed by atoms with Crippen molar-refractivity contribution in [3.63, 3.8) is 0 Å². The second-order valence-electron chi connectivity index (χ2n) is 5.56. The van der Waals surface area contributed by atoms with Crippen molar-refractivity contribution in [3.8, 4) is 6.01 Å². The molecule has 0 aliphatic heterocycles. The molecule has 25 heavy (non-hydrogen) atoms. The summed E-state index contributed by atoms with van der Waals surface area (Å²) in [7, 11) is -3.78. The van der Waals surface area contributed by atoms with Crippen LogP contribution in [0.25, 0.3) is 11.0 Å². The zero-order valence-corrected chi connectivity index (χ0v) is 15.0. The van der Waals surface area contributed by atoms with Gasteiger partial charge in [-0.3, -0.25) is 8.75 Å². The lowest BCUT2D eigenvalue weighted by Crippen LogP contribution is -2.13. The van der Waals surface area contributed by atoms with Gasteiger partial charge in [0.05, 0.1) is 35.7 Å². The molecule has 0 spiro atoms. The number of benzene rings is 2. The summed E-state index contributed by atoms with van der Waals surface area (Å²) in [6.07, 6.45) is 0. The van der Waals surface area contributed by atoms with Crippen LogP contribution in [0.15, 0.2) is 53.4 Å². The molecule has 132 valence electrons. The van der Waals surface area contributed by atoms with E-state index < -0.39 is 10.1 Å². The van der Waals surface area contributed by atoms with E-state index in [1.54, 1.807) is 24.3 Å². The van der Waals surface area contributed by atoms with E-state index in [2.05, 4.69) is 4.98 Å². The van der Waals surface area contributed by atoms with Crippen LogP contribution in [0.1, 0.15) is 12.5 Å². The van der Waals surface area contributed by atoms with E-state index in [1.807, 2.05) is 42.7 Å². The first-order valence-electron chi connectivity index (χ1n) is 8.05. The van der Waals surface area contributed by atoms with Crippen LogP contribution in [-0.2, 0) is 20.8 Å². The third kappa shape index (κ3) is 3.83. The van der Waals surface area contributed by atoms with Crippen molar-refractivity contribution in [2.75, 3.05) is 13.2 Å². The zero-order chi connectivity index (χ0) is 17.9. The third-order valence-electron chi connectivity index (χ3n) is 3.76. The fraction of sp³-hybridized carbons (Fsp3) is 0.278. The van der Waals surface area contributed by atoms with Gasteiger partial charge in [0.15, 0.2) is 0 Å². The third-order valence-corrected chi connectivity index (χ3v) is 5.08. The fourth-order valence-electron chi connectivity index (χ4n) is 2.52. The number of hydrogen-bond donors (Lipinski definition) is 0. The van der Waals surface area contributed by atoms with Crippen LogP contribution in [-0.4, -0.2) is 31.2 Å². The minimum Gasteiger partial charge on any atom is -0.465 e. The number of aryl methyl sites for hydroxylation is 1. The molecule has 0 atom stereocenters. The van der Waals surface area contributed by atoms with E-state index in [-0.39, 0.29) is 11.5 Å². The van der Waals surface area contributed by atoms with Crippen LogP contribution < -0.4 is 4.74 Å². The van der Waals surface area contributed by atoms with Gasteiger partial charge in [0, 0.05) is 0 Å². The number of nitrogens with zero attached hydrogens (tertiary/aromatic N) is 2. The summed E-state index contributed by atoms with van der Waals surface area (Å²) in [5.74, 6) is 0. The van der Waals surface area contributed by atoms with Gasteiger partial charge < -0.3 is 4.74 Å². The molecule has 1 aromatic heterocycles. The molecule has 0 aliphatic rings. The predicted octanol–water partition coefficient (Wildman–Crippen LogP) is 3.15. The topological polar surface area (TPSA) is 70.4 Å². The summed E-state index contributed by atoms with van der Waals surface area (Å²) in [6.45, 7) is 4.57. The van der Waals surface area contributed by atoms with Crippen LogP contribution in [0.3, 0.4) is 0 Å². The Labute approximate surface area is 147 Å². The lowest BCUT2D eigenvalue weighted by molar-refractivity contribution is 0.268. The summed E-state index contributed by atoms with van der Waals surface area (Å²) in [5, 5.41) is 0. The van der Waals surface area contributed by atoms with Crippen LogP contribution >= 0.6 is 0 Å². The highest BCUT2D eigenvalue weighted by Gasteiger charge is 2.16. The maximum Gasteiger partial charge on any atom is 0.297 e. The van der Waals surface area contributed by atoms with Gasteiger partial charge in [0.2, 0.25) is 0 Å². The van der Waals surface area contributed by atoms with Crippen molar-refractivity contribution in [1.29, 1.82) is 0 Å². The molecule has 3 aromatic rings.